The highest BCUT2D eigenvalue weighted by atomic mass is 32.2. The molecule has 4 heteroatoms. The molecule has 0 fully saturated rings. The molecule has 0 heterocycles. The Bertz CT molecular complexity index is 548. The van der Waals surface area contributed by atoms with E-state index in [1.807, 2.05) is 42.5 Å². The quantitative estimate of drug-likeness (QED) is 0.859. The molecule has 96 valence electrons. The Labute approximate surface area is 109 Å². The Hall–Kier alpha value is -1.23. The Kier molecular flexibility index (Phi) is 4.47. The summed E-state index contributed by atoms with van der Waals surface area (Å²) in [5.41, 5.74) is 1.01. The predicted molar refractivity (Wildman–Crippen MR) is 73.8 cm³/mol. The van der Waals surface area contributed by atoms with Gasteiger partial charge in [0.2, 0.25) is 0 Å². The van der Waals surface area contributed by atoms with Crippen molar-refractivity contribution in [1.82, 2.24) is 0 Å². The van der Waals surface area contributed by atoms with E-state index in [2.05, 4.69) is 0 Å². The van der Waals surface area contributed by atoms with Gasteiger partial charge in [-0.25, -0.2) is 0 Å². The van der Waals surface area contributed by atoms with Crippen LogP contribution in [0.15, 0.2) is 42.5 Å². The highest BCUT2D eigenvalue weighted by Crippen LogP contribution is 2.19. The summed E-state index contributed by atoms with van der Waals surface area (Å²) in [6, 6.07) is 13.9. The number of hydrogen-bond acceptors (Lipinski definition) is 3. The zero-order valence-corrected chi connectivity index (χ0v) is 10.8. The maximum absolute atomic E-state index is 11.9. The number of aliphatic hydroxyl groups excluding tert-OH is 2. The van der Waals surface area contributed by atoms with Gasteiger partial charge in [-0.15, -0.1) is 0 Å². The molecule has 0 aliphatic heterocycles. The van der Waals surface area contributed by atoms with Gasteiger partial charge < -0.3 is 10.2 Å². The van der Waals surface area contributed by atoms with Crippen LogP contribution in [0.3, 0.4) is 0 Å². The highest BCUT2D eigenvalue weighted by molar-refractivity contribution is 7.84. The van der Waals surface area contributed by atoms with Gasteiger partial charge >= 0.3 is 0 Å². The number of hydrogen-bond donors (Lipinski definition) is 2. The minimum absolute atomic E-state index is 0.111. The van der Waals surface area contributed by atoms with Crippen molar-refractivity contribution < 1.29 is 14.4 Å². The summed E-state index contributed by atoms with van der Waals surface area (Å²) in [7, 11) is -1.17. The van der Waals surface area contributed by atoms with Crippen LogP contribution in [0, 0.1) is 0 Å². The average molecular weight is 264 g/mol. The van der Waals surface area contributed by atoms with Crippen LogP contribution in [-0.2, 0) is 16.6 Å². The van der Waals surface area contributed by atoms with Crippen molar-refractivity contribution >= 4 is 21.6 Å². The third kappa shape index (κ3) is 3.16. The van der Waals surface area contributed by atoms with Crippen LogP contribution < -0.4 is 0 Å². The molecule has 0 spiro atoms. The largest absolute Gasteiger partial charge is 0.394 e. The molecule has 2 unspecified atom stereocenters. The van der Waals surface area contributed by atoms with Gasteiger partial charge in [0.05, 0.1) is 18.5 Å². The molecule has 18 heavy (non-hydrogen) atoms. The first-order chi connectivity index (χ1) is 8.70. The first-order valence-electron chi connectivity index (χ1n) is 5.81. The molecule has 2 aromatic rings. The number of benzene rings is 2. The van der Waals surface area contributed by atoms with Crippen molar-refractivity contribution in [3.63, 3.8) is 0 Å². The number of aliphatic hydroxyl groups is 2. The summed E-state index contributed by atoms with van der Waals surface area (Å²) in [6.07, 6.45) is -0.902. The van der Waals surface area contributed by atoms with Crippen LogP contribution in [-0.4, -0.2) is 32.9 Å². The monoisotopic (exact) mass is 264 g/mol. The highest BCUT2D eigenvalue weighted by Gasteiger charge is 2.10. The van der Waals surface area contributed by atoms with E-state index in [1.165, 1.54) is 0 Å². The Morgan fingerprint density at radius 2 is 1.83 bits per heavy atom. The first kappa shape index (κ1) is 13.2. The van der Waals surface area contributed by atoms with Gasteiger partial charge in [-0.1, -0.05) is 42.5 Å². The number of rotatable bonds is 5. The van der Waals surface area contributed by atoms with Crippen LogP contribution in [0.25, 0.3) is 10.8 Å². The minimum atomic E-state index is -1.17. The lowest BCUT2D eigenvalue weighted by atomic mass is 10.1. The average Bonchev–Trinajstić information content (AvgIpc) is 2.39. The molecule has 0 radical (unpaired) electrons. The standard InChI is InChI=1S/C14H16O3S/c15-8-13(16)10-18(17)9-12-6-3-5-11-4-1-2-7-14(11)12/h1-7,13,15-16H,8-10H2. The number of fused-ring (bicyclic) bond motifs is 1. The van der Waals surface area contributed by atoms with E-state index in [1.54, 1.807) is 0 Å². The molecule has 3 nitrogen and oxygen atoms in total. The SMILES string of the molecule is O=S(Cc1cccc2ccccc12)CC(O)CO. The van der Waals surface area contributed by atoms with Crippen molar-refractivity contribution in [3.05, 3.63) is 48.0 Å². The van der Waals surface area contributed by atoms with E-state index in [0.29, 0.717) is 5.75 Å². The molecule has 2 aromatic carbocycles. The van der Waals surface area contributed by atoms with Gasteiger partial charge in [-0.2, -0.15) is 0 Å². The lowest BCUT2D eigenvalue weighted by Crippen LogP contribution is -2.21. The van der Waals surface area contributed by atoms with E-state index in [-0.39, 0.29) is 12.4 Å². The second-order valence-electron chi connectivity index (χ2n) is 4.23. The Balaban J connectivity index is 2.19. The molecular weight excluding hydrogens is 248 g/mol. The summed E-state index contributed by atoms with van der Waals surface area (Å²) in [4.78, 5) is 0. The van der Waals surface area contributed by atoms with E-state index >= 15 is 0 Å². The van der Waals surface area contributed by atoms with Crippen molar-refractivity contribution in [2.45, 2.75) is 11.9 Å². The maximum Gasteiger partial charge on any atom is 0.0885 e. The fourth-order valence-electron chi connectivity index (χ4n) is 1.92. The molecule has 0 aliphatic rings. The molecule has 0 saturated carbocycles. The van der Waals surface area contributed by atoms with E-state index in [9.17, 15) is 9.32 Å². The van der Waals surface area contributed by atoms with E-state index in [4.69, 9.17) is 5.11 Å². The van der Waals surface area contributed by atoms with Crippen LogP contribution in [0.1, 0.15) is 5.56 Å². The molecule has 0 saturated heterocycles. The molecule has 0 aromatic heterocycles. The molecule has 2 atom stereocenters. The predicted octanol–water partition coefficient (Wildman–Crippen LogP) is 1.44. The summed E-state index contributed by atoms with van der Waals surface area (Å²) in [6.45, 7) is -0.346. The molecule has 0 amide bonds. The zero-order valence-electron chi connectivity index (χ0n) is 9.95. The van der Waals surface area contributed by atoms with Gasteiger partial charge in [0.25, 0.3) is 0 Å². The van der Waals surface area contributed by atoms with Crippen LogP contribution in [0.4, 0.5) is 0 Å². The Morgan fingerprint density at radius 1 is 1.11 bits per heavy atom. The minimum Gasteiger partial charge on any atom is -0.394 e. The van der Waals surface area contributed by atoms with Gasteiger partial charge in [0, 0.05) is 16.6 Å². The van der Waals surface area contributed by atoms with Gasteiger partial charge in [0.15, 0.2) is 0 Å². The normalized spacial score (nSPS) is 14.6. The topological polar surface area (TPSA) is 57.5 Å². The van der Waals surface area contributed by atoms with Crippen LogP contribution in [0.2, 0.25) is 0 Å². The van der Waals surface area contributed by atoms with Crippen molar-refractivity contribution in [1.29, 1.82) is 0 Å². The third-order valence-electron chi connectivity index (χ3n) is 2.79. The fourth-order valence-corrected chi connectivity index (χ4v) is 3.17. The third-order valence-corrected chi connectivity index (χ3v) is 4.17. The van der Waals surface area contributed by atoms with Crippen LogP contribution >= 0.6 is 0 Å². The zero-order chi connectivity index (χ0) is 13.0. The smallest absolute Gasteiger partial charge is 0.0885 e. The van der Waals surface area contributed by atoms with E-state index < -0.39 is 16.9 Å². The molecule has 2 rings (SSSR count). The summed E-state index contributed by atoms with van der Waals surface area (Å²) in [5.74, 6) is 0.512. The maximum atomic E-state index is 11.9. The summed E-state index contributed by atoms with van der Waals surface area (Å²) < 4.78 is 11.9. The van der Waals surface area contributed by atoms with Crippen molar-refractivity contribution in [2.24, 2.45) is 0 Å². The molecule has 0 bridgehead atoms. The lowest BCUT2D eigenvalue weighted by molar-refractivity contribution is 0.113. The van der Waals surface area contributed by atoms with Gasteiger partial charge in [0.1, 0.15) is 0 Å². The van der Waals surface area contributed by atoms with Crippen molar-refractivity contribution in [3.8, 4) is 0 Å². The molecule has 2 N–H and O–H groups in total. The van der Waals surface area contributed by atoms with Gasteiger partial charge in [-0.3, -0.25) is 4.21 Å². The molecular formula is C14H16O3S. The van der Waals surface area contributed by atoms with Gasteiger partial charge in [-0.05, 0) is 16.3 Å². The first-order valence-corrected chi connectivity index (χ1v) is 7.30. The second kappa shape index (κ2) is 6.09. The van der Waals surface area contributed by atoms with Crippen LogP contribution in [0.5, 0.6) is 0 Å². The summed E-state index contributed by atoms with van der Waals surface area (Å²) >= 11 is 0. The van der Waals surface area contributed by atoms with E-state index in [0.717, 1.165) is 16.3 Å². The lowest BCUT2D eigenvalue weighted by Gasteiger charge is -2.09. The second-order valence-corrected chi connectivity index (χ2v) is 5.73. The van der Waals surface area contributed by atoms with Crippen molar-refractivity contribution in [2.75, 3.05) is 12.4 Å². The summed E-state index contributed by atoms with van der Waals surface area (Å²) in [5, 5.41) is 20.2. The fraction of sp³-hybridized carbons (Fsp3) is 0.286. The Morgan fingerprint density at radius 3 is 2.61 bits per heavy atom. The molecule has 0 aliphatic carbocycles.